The monoisotopic (exact) mass is 490 g/mol. The van der Waals surface area contributed by atoms with Crippen molar-refractivity contribution in [2.24, 2.45) is 50.7 Å². The number of hydrogen-bond acceptors (Lipinski definition) is 5. The highest BCUT2D eigenvalue weighted by Crippen LogP contribution is 2.74. The van der Waals surface area contributed by atoms with Crippen LogP contribution in [0.25, 0.3) is 0 Å². The van der Waals surface area contributed by atoms with Crippen LogP contribution < -0.4 is 0 Å². The van der Waals surface area contributed by atoms with Gasteiger partial charge in [-0.15, -0.1) is 0 Å². The number of methoxy groups -OCH3 is 1. The summed E-state index contributed by atoms with van der Waals surface area (Å²) in [6.45, 7) is 13.6. The quantitative estimate of drug-likeness (QED) is 0.445. The maximum atomic E-state index is 13.3. The van der Waals surface area contributed by atoms with Gasteiger partial charge in [0.05, 0.1) is 30.3 Å². The fourth-order valence-electron chi connectivity index (χ4n) is 11.0. The molecule has 0 aromatic rings. The minimum atomic E-state index is -1.30. The predicted octanol–water partition coefficient (Wildman–Crippen LogP) is 5.10. The van der Waals surface area contributed by atoms with Gasteiger partial charge in [0.2, 0.25) is 0 Å². The molecule has 0 heterocycles. The van der Waals surface area contributed by atoms with Crippen molar-refractivity contribution < 1.29 is 24.9 Å². The summed E-state index contributed by atoms with van der Waals surface area (Å²) in [5.41, 5.74) is -2.54. The molecule has 5 nitrogen and oxygen atoms in total. The first-order valence-electron chi connectivity index (χ1n) is 14.3. The van der Waals surface area contributed by atoms with Gasteiger partial charge >= 0.3 is 5.97 Å². The van der Waals surface area contributed by atoms with Crippen LogP contribution in [0.2, 0.25) is 0 Å². The minimum Gasteiger partial charge on any atom is -0.469 e. The first-order chi connectivity index (χ1) is 16.1. The maximum absolute atomic E-state index is 13.3. The zero-order valence-corrected chi connectivity index (χ0v) is 23.2. The molecule has 7 unspecified atom stereocenters. The van der Waals surface area contributed by atoms with E-state index < -0.39 is 22.5 Å². The Morgan fingerprint density at radius 3 is 2.11 bits per heavy atom. The van der Waals surface area contributed by atoms with E-state index in [4.69, 9.17) is 4.74 Å². The number of carbonyl (C=O) groups excluding carboxylic acids is 1. The van der Waals surface area contributed by atoms with E-state index in [9.17, 15) is 20.1 Å². The van der Waals surface area contributed by atoms with Crippen molar-refractivity contribution in [2.75, 3.05) is 7.11 Å². The van der Waals surface area contributed by atoms with Crippen LogP contribution in [0.3, 0.4) is 0 Å². The number of ether oxygens (including phenoxy) is 1. The second-order valence-corrected chi connectivity index (χ2v) is 15.3. The van der Waals surface area contributed by atoms with Gasteiger partial charge in [-0.2, -0.15) is 0 Å². The standard InChI is InChI=1S/C30H50O5/c1-25(2)12-14-29(24(33)35-7)15-13-28(6)18-8-9-20-26(3,4)22(31)10-11-27(20,5)19(18)16-23(32)30(28,34)21(29)17-25/h18-23,31-32,34H,8-17H2,1-7H3/t18?,19?,20?,21?,22-,23?,27+,28-,29?,30?/m0/s1. The Bertz CT molecular complexity index is 882. The second-order valence-electron chi connectivity index (χ2n) is 15.3. The largest absolute Gasteiger partial charge is 0.469 e. The van der Waals surface area contributed by atoms with Gasteiger partial charge in [-0.1, -0.05) is 41.5 Å². The van der Waals surface area contributed by atoms with Crippen molar-refractivity contribution in [3.05, 3.63) is 0 Å². The number of aliphatic hydroxyl groups excluding tert-OH is 2. The van der Waals surface area contributed by atoms with Crippen LogP contribution in [0.4, 0.5) is 0 Å². The van der Waals surface area contributed by atoms with Crippen LogP contribution in [-0.2, 0) is 9.53 Å². The lowest BCUT2D eigenvalue weighted by Gasteiger charge is -2.72. The molecule has 5 saturated carbocycles. The van der Waals surface area contributed by atoms with Crippen LogP contribution in [0.5, 0.6) is 0 Å². The molecule has 5 fully saturated rings. The van der Waals surface area contributed by atoms with E-state index in [-0.39, 0.29) is 34.2 Å². The van der Waals surface area contributed by atoms with Crippen molar-refractivity contribution >= 4 is 5.97 Å². The third kappa shape index (κ3) is 3.13. The summed E-state index contributed by atoms with van der Waals surface area (Å²) in [6, 6.07) is 0. The molecular formula is C30H50O5. The molecule has 5 heteroatoms. The van der Waals surface area contributed by atoms with E-state index in [1.165, 1.54) is 7.11 Å². The molecule has 3 N–H and O–H groups in total. The van der Waals surface area contributed by atoms with Crippen molar-refractivity contribution in [1.29, 1.82) is 0 Å². The summed E-state index contributed by atoms with van der Waals surface area (Å²) in [5.74, 6) is 0.547. The molecule has 0 amide bonds. The van der Waals surface area contributed by atoms with E-state index >= 15 is 0 Å². The number of fused-ring (bicyclic) bond motifs is 7. The molecule has 35 heavy (non-hydrogen) atoms. The van der Waals surface area contributed by atoms with E-state index in [0.29, 0.717) is 24.2 Å². The fourth-order valence-corrected chi connectivity index (χ4v) is 11.0. The number of esters is 1. The maximum Gasteiger partial charge on any atom is 0.312 e. The molecule has 200 valence electrons. The zero-order valence-electron chi connectivity index (χ0n) is 23.2. The Hall–Kier alpha value is -0.650. The van der Waals surface area contributed by atoms with Gasteiger partial charge in [-0.05, 0) is 98.2 Å². The number of carbonyl (C=O) groups is 1. The van der Waals surface area contributed by atoms with E-state index in [1.807, 2.05) is 0 Å². The SMILES string of the molecule is COC(=O)C12CCC(C)(C)CC1C1(O)C(O)CC3C(CCC4C(C)(C)[C@@H](O)CC[C@]34C)[C@]1(C)CC2. The normalized spacial score (nSPS) is 54.5. The van der Waals surface area contributed by atoms with Crippen LogP contribution in [0.1, 0.15) is 106 Å². The second kappa shape index (κ2) is 7.69. The average molecular weight is 491 g/mol. The summed E-state index contributed by atoms with van der Waals surface area (Å²) in [4.78, 5) is 13.3. The lowest BCUT2D eigenvalue weighted by atomic mass is 9.33. The van der Waals surface area contributed by atoms with Gasteiger partial charge in [0.1, 0.15) is 0 Å². The average Bonchev–Trinajstić information content (AvgIpc) is 2.79. The summed E-state index contributed by atoms with van der Waals surface area (Å²) in [7, 11) is 1.47. The molecule has 5 rings (SSSR count). The molecule has 0 aliphatic heterocycles. The van der Waals surface area contributed by atoms with Crippen LogP contribution in [0.15, 0.2) is 0 Å². The molecule has 0 spiro atoms. The first-order valence-corrected chi connectivity index (χ1v) is 14.3. The molecule has 0 aromatic heterocycles. The van der Waals surface area contributed by atoms with Gasteiger partial charge in [0.15, 0.2) is 0 Å². The van der Waals surface area contributed by atoms with Crippen molar-refractivity contribution in [2.45, 2.75) is 124 Å². The lowest BCUT2D eigenvalue weighted by molar-refractivity contribution is -0.317. The van der Waals surface area contributed by atoms with Gasteiger partial charge in [-0.25, -0.2) is 0 Å². The minimum absolute atomic E-state index is 0.0138. The molecule has 0 aromatic carbocycles. The van der Waals surface area contributed by atoms with Gasteiger partial charge in [-0.3, -0.25) is 4.79 Å². The third-order valence-electron chi connectivity index (χ3n) is 13.2. The summed E-state index contributed by atoms with van der Waals surface area (Å²) in [5, 5.41) is 35.7. The van der Waals surface area contributed by atoms with Crippen LogP contribution in [-0.4, -0.2) is 46.2 Å². The van der Waals surface area contributed by atoms with Crippen LogP contribution >= 0.6 is 0 Å². The number of rotatable bonds is 1. The molecular weight excluding hydrogens is 440 g/mol. The highest BCUT2D eigenvalue weighted by Gasteiger charge is 2.75. The zero-order chi connectivity index (χ0) is 25.8. The Labute approximate surface area is 212 Å². The van der Waals surface area contributed by atoms with Gasteiger partial charge < -0.3 is 20.1 Å². The van der Waals surface area contributed by atoms with E-state index in [1.54, 1.807) is 0 Å². The van der Waals surface area contributed by atoms with Crippen molar-refractivity contribution in [3.63, 3.8) is 0 Å². The molecule has 0 saturated heterocycles. The Morgan fingerprint density at radius 2 is 1.46 bits per heavy atom. The van der Waals surface area contributed by atoms with E-state index in [2.05, 4.69) is 41.5 Å². The molecule has 5 aliphatic rings. The Morgan fingerprint density at radius 1 is 0.800 bits per heavy atom. The first kappa shape index (κ1) is 26.0. The topological polar surface area (TPSA) is 87.0 Å². The number of aliphatic hydroxyl groups is 3. The van der Waals surface area contributed by atoms with Gasteiger partial charge in [0, 0.05) is 11.3 Å². The Balaban J connectivity index is 1.59. The highest BCUT2D eigenvalue weighted by atomic mass is 16.5. The summed E-state index contributed by atoms with van der Waals surface area (Å²) < 4.78 is 5.38. The van der Waals surface area contributed by atoms with Crippen LogP contribution in [0, 0.1) is 50.7 Å². The molecule has 5 aliphatic carbocycles. The van der Waals surface area contributed by atoms with Crippen molar-refractivity contribution in [1.82, 2.24) is 0 Å². The van der Waals surface area contributed by atoms with Crippen molar-refractivity contribution in [3.8, 4) is 0 Å². The molecule has 0 radical (unpaired) electrons. The summed E-state index contributed by atoms with van der Waals surface area (Å²) >= 11 is 0. The molecule has 10 atom stereocenters. The smallest absolute Gasteiger partial charge is 0.312 e. The fraction of sp³-hybridized carbons (Fsp3) is 0.967. The predicted molar refractivity (Wildman–Crippen MR) is 135 cm³/mol. The third-order valence-corrected chi connectivity index (χ3v) is 13.2. The number of hydrogen-bond donors (Lipinski definition) is 3. The molecule has 0 bridgehead atoms. The lowest BCUT2D eigenvalue weighted by Crippen LogP contribution is -2.76. The highest BCUT2D eigenvalue weighted by molar-refractivity contribution is 5.78. The van der Waals surface area contributed by atoms with E-state index in [0.717, 1.165) is 57.8 Å². The summed E-state index contributed by atoms with van der Waals surface area (Å²) in [6.07, 6.45) is 7.20. The van der Waals surface area contributed by atoms with Gasteiger partial charge in [0.25, 0.3) is 0 Å². The Kier molecular flexibility index (Phi) is 5.71.